The molecule has 1 aromatic heterocycles. The normalized spacial score (nSPS) is 12.6. The molecular weight excluding hydrogens is 218 g/mol. The molecule has 0 saturated heterocycles. The van der Waals surface area contributed by atoms with Crippen molar-refractivity contribution in [3.8, 4) is 0 Å². The molecule has 1 atom stereocenters. The summed E-state index contributed by atoms with van der Waals surface area (Å²) in [7, 11) is 0. The Labute approximate surface area is 98.2 Å². The van der Waals surface area contributed by atoms with E-state index in [1.54, 1.807) is 18.2 Å². The molecule has 3 N–H and O–H groups in total. The number of benzene rings is 1. The van der Waals surface area contributed by atoms with Gasteiger partial charge in [0.15, 0.2) is 0 Å². The lowest BCUT2D eigenvalue weighted by Gasteiger charge is -2.11. The summed E-state index contributed by atoms with van der Waals surface area (Å²) in [5, 5.41) is 2.88. The summed E-state index contributed by atoms with van der Waals surface area (Å²) in [5.41, 5.74) is 1.63. The Bertz CT molecular complexity index is 597. The molecule has 0 aliphatic rings. The fourth-order valence-corrected chi connectivity index (χ4v) is 1.58. The summed E-state index contributed by atoms with van der Waals surface area (Å²) in [6.07, 6.45) is 0.884. The summed E-state index contributed by atoms with van der Waals surface area (Å²) in [6.45, 7) is 3.96. The summed E-state index contributed by atoms with van der Waals surface area (Å²) < 4.78 is 0. The van der Waals surface area contributed by atoms with Gasteiger partial charge in [-0.3, -0.25) is 4.79 Å². The van der Waals surface area contributed by atoms with Crippen LogP contribution in [0, 0.1) is 0 Å². The van der Waals surface area contributed by atoms with E-state index in [2.05, 4.69) is 15.3 Å². The van der Waals surface area contributed by atoms with Crippen LogP contribution in [0.3, 0.4) is 0 Å². The van der Waals surface area contributed by atoms with Crippen molar-refractivity contribution in [2.75, 3.05) is 0 Å². The summed E-state index contributed by atoms with van der Waals surface area (Å²) in [4.78, 5) is 28.2. The first-order valence-corrected chi connectivity index (χ1v) is 5.63. The number of rotatable bonds is 3. The minimum absolute atomic E-state index is 0.122. The van der Waals surface area contributed by atoms with E-state index in [1.807, 2.05) is 13.8 Å². The highest BCUT2D eigenvalue weighted by atomic mass is 16.2. The molecule has 0 saturated carbocycles. The summed E-state index contributed by atoms with van der Waals surface area (Å²) >= 11 is 0. The minimum atomic E-state index is -0.264. The second-order valence-electron chi connectivity index (χ2n) is 4.12. The van der Waals surface area contributed by atoms with Gasteiger partial charge in [-0.2, -0.15) is 0 Å². The molecule has 0 fully saturated rings. The Hall–Kier alpha value is -2.04. The number of hydrogen-bond donors (Lipinski definition) is 3. The molecule has 2 aromatic rings. The third-order valence-electron chi connectivity index (χ3n) is 2.77. The highest BCUT2D eigenvalue weighted by Crippen LogP contribution is 2.10. The van der Waals surface area contributed by atoms with E-state index in [0.29, 0.717) is 16.6 Å². The van der Waals surface area contributed by atoms with Gasteiger partial charge in [0.25, 0.3) is 5.91 Å². The average Bonchev–Trinajstić information content (AvgIpc) is 2.67. The van der Waals surface area contributed by atoms with Crippen LogP contribution in [0.2, 0.25) is 0 Å². The lowest BCUT2D eigenvalue weighted by Crippen LogP contribution is -2.31. The number of fused-ring (bicyclic) bond motifs is 1. The van der Waals surface area contributed by atoms with Gasteiger partial charge in [0.2, 0.25) is 0 Å². The molecule has 1 amide bonds. The van der Waals surface area contributed by atoms with Gasteiger partial charge in [0.1, 0.15) is 0 Å². The number of carbonyl (C=O) groups excluding carboxylic acids is 1. The molecule has 5 heteroatoms. The van der Waals surface area contributed by atoms with Crippen LogP contribution in [0.4, 0.5) is 0 Å². The maximum atomic E-state index is 11.9. The lowest BCUT2D eigenvalue weighted by molar-refractivity contribution is 0.0939. The zero-order valence-electron chi connectivity index (χ0n) is 9.83. The zero-order chi connectivity index (χ0) is 12.4. The summed E-state index contributed by atoms with van der Waals surface area (Å²) in [6, 6.07) is 5.23. The van der Waals surface area contributed by atoms with Gasteiger partial charge in [-0.05, 0) is 31.5 Å². The van der Waals surface area contributed by atoms with Crippen molar-refractivity contribution in [2.45, 2.75) is 26.3 Å². The lowest BCUT2D eigenvalue weighted by atomic mass is 10.1. The number of aromatic nitrogens is 2. The van der Waals surface area contributed by atoms with Crippen LogP contribution in [0.1, 0.15) is 30.6 Å². The zero-order valence-corrected chi connectivity index (χ0v) is 9.83. The molecule has 2 rings (SSSR count). The van der Waals surface area contributed by atoms with E-state index >= 15 is 0 Å². The quantitative estimate of drug-likeness (QED) is 0.749. The smallest absolute Gasteiger partial charge is 0.323 e. The van der Waals surface area contributed by atoms with Gasteiger partial charge in [0.05, 0.1) is 11.0 Å². The van der Waals surface area contributed by atoms with E-state index in [0.717, 1.165) is 6.42 Å². The molecular formula is C12H15N3O2. The van der Waals surface area contributed by atoms with Crippen LogP contribution < -0.4 is 11.0 Å². The second-order valence-corrected chi connectivity index (χ2v) is 4.12. The van der Waals surface area contributed by atoms with Gasteiger partial charge in [-0.25, -0.2) is 4.79 Å². The van der Waals surface area contributed by atoms with Crippen molar-refractivity contribution >= 4 is 16.9 Å². The van der Waals surface area contributed by atoms with Crippen LogP contribution >= 0.6 is 0 Å². The van der Waals surface area contributed by atoms with Crippen LogP contribution in [0.25, 0.3) is 11.0 Å². The van der Waals surface area contributed by atoms with E-state index in [-0.39, 0.29) is 17.6 Å². The number of amides is 1. The topological polar surface area (TPSA) is 77.8 Å². The minimum Gasteiger partial charge on any atom is -0.350 e. The third kappa shape index (κ3) is 2.38. The molecule has 5 nitrogen and oxygen atoms in total. The van der Waals surface area contributed by atoms with E-state index < -0.39 is 0 Å². The van der Waals surface area contributed by atoms with Crippen molar-refractivity contribution in [2.24, 2.45) is 0 Å². The van der Waals surface area contributed by atoms with Gasteiger partial charge >= 0.3 is 5.69 Å². The molecule has 0 aliphatic heterocycles. The summed E-state index contributed by atoms with van der Waals surface area (Å²) in [5.74, 6) is -0.122. The molecule has 0 aliphatic carbocycles. The number of hydrogen-bond acceptors (Lipinski definition) is 2. The maximum absolute atomic E-state index is 11.9. The first-order chi connectivity index (χ1) is 8.10. The molecule has 0 spiro atoms. The van der Waals surface area contributed by atoms with E-state index in [9.17, 15) is 9.59 Å². The fourth-order valence-electron chi connectivity index (χ4n) is 1.58. The number of H-pyrrole nitrogens is 2. The molecule has 0 radical (unpaired) electrons. The Balaban J connectivity index is 2.29. The molecule has 17 heavy (non-hydrogen) atoms. The second kappa shape index (κ2) is 4.45. The predicted octanol–water partition coefficient (Wildman–Crippen LogP) is 1.38. The number of carbonyl (C=O) groups is 1. The van der Waals surface area contributed by atoms with Crippen molar-refractivity contribution in [3.05, 3.63) is 34.2 Å². The molecule has 1 unspecified atom stereocenters. The standard InChI is InChI=1S/C12H15N3O2/c1-3-7(2)13-11(16)8-4-5-9-10(6-8)15-12(17)14-9/h4-7H,3H2,1-2H3,(H,13,16)(H2,14,15,17). The number of imidazole rings is 1. The van der Waals surface area contributed by atoms with Gasteiger partial charge in [0, 0.05) is 11.6 Å². The first-order valence-electron chi connectivity index (χ1n) is 5.63. The van der Waals surface area contributed by atoms with Gasteiger partial charge < -0.3 is 15.3 Å². The molecule has 0 bridgehead atoms. The monoisotopic (exact) mass is 233 g/mol. The largest absolute Gasteiger partial charge is 0.350 e. The van der Waals surface area contributed by atoms with Crippen molar-refractivity contribution in [1.29, 1.82) is 0 Å². The Morgan fingerprint density at radius 1 is 1.35 bits per heavy atom. The Morgan fingerprint density at radius 3 is 2.76 bits per heavy atom. The third-order valence-corrected chi connectivity index (χ3v) is 2.77. The molecule has 1 heterocycles. The average molecular weight is 233 g/mol. The van der Waals surface area contributed by atoms with Crippen LogP contribution in [-0.2, 0) is 0 Å². The highest BCUT2D eigenvalue weighted by molar-refractivity contribution is 5.97. The van der Waals surface area contributed by atoms with Crippen LogP contribution in [0.15, 0.2) is 23.0 Å². The number of nitrogens with one attached hydrogen (secondary N) is 3. The van der Waals surface area contributed by atoms with Crippen molar-refractivity contribution in [1.82, 2.24) is 15.3 Å². The maximum Gasteiger partial charge on any atom is 0.323 e. The predicted molar refractivity (Wildman–Crippen MR) is 66.1 cm³/mol. The SMILES string of the molecule is CCC(C)NC(=O)c1ccc2[nH]c(=O)[nH]c2c1. The van der Waals surface area contributed by atoms with Crippen LogP contribution in [-0.4, -0.2) is 21.9 Å². The Kier molecular flexibility index (Phi) is 2.99. The fraction of sp³-hybridized carbons (Fsp3) is 0.333. The van der Waals surface area contributed by atoms with Crippen molar-refractivity contribution in [3.63, 3.8) is 0 Å². The van der Waals surface area contributed by atoms with E-state index in [1.165, 1.54) is 0 Å². The van der Waals surface area contributed by atoms with Crippen LogP contribution in [0.5, 0.6) is 0 Å². The van der Waals surface area contributed by atoms with Gasteiger partial charge in [-0.15, -0.1) is 0 Å². The van der Waals surface area contributed by atoms with Crippen molar-refractivity contribution < 1.29 is 4.79 Å². The first kappa shape index (κ1) is 11.4. The molecule has 90 valence electrons. The van der Waals surface area contributed by atoms with E-state index in [4.69, 9.17) is 0 Å². The van der Waals surface area contributed by atoms with Gasteiger partial charge in [-0.1, -0.05) is 6.92 Å². The highest BCUT2D eigenvalue weighted by Gasteiger charge is 2.09. The molecule has 1 aromatic carbocycles. The Morgan fingerprint density at radius 2 is 2.06 bits per heavy atom. The number of aromatic amines is 2.